The normalized spacial score (nSPS) is 12.0. The zero-order valence-electron chi connectivity index (χ0n) is 11.8. The van der Waals surface area contributed by atoms with Gasteiger partial charge in [0.15, 0.2) is 0 Å². The minimum absolute atomic E-state index is 0.228. The molecule has 1 aromatic carbocycles. The number of aliphatic hydroxyl groups excluding tert-OH is 1. The van der Waals surface area contributed by atoms with Gasteiger partial charge in [0.25, 0.3) is 0 Å². The van der Waals surface area contributed by atoms with E-state index in [2.05, 4.69) is 0 Å². The number of rotatable bonds is 7. The Bertz CT molecular complexity index is 415. The third-order valence-electron chi connectivity index (χ3n) is 2.89. The lowest BCUT2D eigenvalue weighted by atomic mass is 10.0. The second-order valence-corrected chi connectivity index (χ2v) is 4.50. The van der Waals surface area contributed by atoms with Crippen LogP contribution in [-0.2, 0) is 9.53 Å². The average Bonchev–Trinajstić information content (AvgIpc) is 2.42. The fraction of sp³-hybridized carbons (Fsp3) is 0.533. The van der Waals surface area contributed by atoms with Gasteiger partial charge < -0.3 is 14.6 Å². The molecule has 0 amide bonds. The van der Waals surface area contributed by atoms with Crippen LogP contribution in [0, 0.1) is 6.92 Å². The van der Waals surface area contributed by atoms with Crippen LogP contribution in [0.2, 0.25) is 0 Å². The number of hydrogen-bond acceptors (Lipinski definition) is 4. The van der Waals surface area contributed by atoms with Crippen molar-refractivity contribution in [1.29, 1.82) is 0 Å². The van der Waals surface area contributed by atoms with Crippen molar-refractivity contribution in [1.82, 2.24) is 0 Å². The van der Waals surface area contributed by atoms with E-state index in [0.717, 1.165) is 23.3 Å². The number of aliphatic hydroxyl groups is 1. The quantitative estimate of drug-likeness (QED) is 0.771. The third kappa shape index (κ3) is 4.91. The number of esters is 1. The summed E-state index contributed by atoms with van der Waals surface area (Å²) in [6.07, 6.45) is 0.755. The molecule has 19 heavy (non-hydrogen) atoms. The van der Waals surface area contributed by atoms with Gasteiger partial charge in [-0.2, -0.15) is 0 Å². The molecule has 1 N–H and O–H groups in total. The SMILES string of the molecule is CCCOC(=O)CCC(O)c1ccc(OC)c(C)c1. The maximum atomic E-state index is 11.4. The van der Waals surface area contributed by atoms with Gasteiger partial charge >= 0.3 is 5.97 Å². The Morgan fingerprint density at radius 2 is 2.16 bits per heavy atom. The van der Waals surface area contributed by atoms with Gasteiger partial charge in [-0.3, -0.25) is 4.79 Å². The summed E-state index contributed by atoms with van der Waals surface area (Å²) in [7, 11) is 1.61. The van der Waals surface area contributed by atoms with Crippen molar-refractivity contribution >= 4 is 5.97 Å². The maximum Gasteiger partial charge on any atom is 0.305 e. The Morgan fingerprint density at radius 3 is 2.74 bits per heavy atom. The summed E-state index contributed by atoms with van der Waals surface area (Å²) in [6.45, 7) is 4.31. The molecule has 0 radical (unpaired) electrons. The summed E-state index contributed by atoms with van der Waals surface area (Å²) in [5, 5.41) is 10.0. The first kappa shape index (κ1) is 15.5. The molecule has 0 heterocycles. The van der Waals surface area contributed by atoms with Crippen molar-refractivity contribution in [3.8, 4) is 5.75 Å². The zero-order valence-corrected chi connectivity index (χ0v) is 11.8. The van der Waals surface area contributed by atoms with E-state index < -0.39 is 6.10 Å². The van der Waals surface area contributed by atoms with Gasteiger partial charge in [0, 0.05) is 6.42 Å². The number of methoxy groups -OCH3 is 1. The zero-order chi connectivity index (χ0) is 14.3. The summed E-state index contributed by atoms with van der Waals surface area (Å²) in [6, 6.07) is 5.51. The van der Waals surface area contributed by atoms with Crippen molar-refractivity contribution in [2.24, 2.45) is 0 Å². The molecular formula is C15H22O4. The van der Waals surface area contributed by atoms with Gasteiger partial charge in [0.1, 0.15) is 5.75 Å². The van der Waals surface area contributed by atoms with E-state index in [1.807, 2.05) is 32.0 Å². The van der Waals surface area contributed by atoms with Crippen LogP contribution in [0.1, 0.15) is 43.4 Å². The number of aryl methyl sites for hydroxylation is 1. The van der Waals surface area contributed by atoms with Crippen LogP contribution in [0.15, 0.2) is 18.2 Å². The molecule has 0 saturated carbocycles. The van der Waals surface area contributed by atoms with Crippen molar-refractivity contribution in [2.45, 2.75) is 39.2 Å². The highest BCUT2D eigenvalue weighted by atomic mass is 16.5. The lowest BCUT2D eigenvalue weighted by Gasteiger charge is -2.13. The Balaban J connectivity index is 2.51. The van der Waals surface area contributed by atoms with Crippen molar-refractivity contribution in [3.63, 3.8) is 0 Å². The lowest BCUT2D eigenvalue weighted by molar-refractivity contribution is -0.144. The Morgan fingerprint density at radius 1 is 1.42 bits per heavy atom. The Labute approximate surface area is 114 Å². The van der Waals surface area contributed by atoms with E-state index >= 15 is 0 Å². The van der Waals surface area contributed by atoms with Crippen molar-refractivity contribution in [2.75, 3.05) is 13.7 Å². The summed E-state index contributed by atoms with van der Waals surface area (Å²) in [5.74, 6) is 0.532. The molecule has 1 atom stereocenters. The van der Waals surface area contributed by atoms with E-state index in [4.69, 9.17) is 9.47 Å². The van der Waals surface area contributed by atoms with Gasteiger partial charge in [-0.25, -0.2) is 0 Å². The van der Waals surface area contributed by atoms with Gasteiger partial charge in [-0.15, -0.1) is 0 Å². The lowest BCUT2D eigenvalue weighted by Crippen LogP contribution is -2.08. The molecule has 1 unspecified atom stereocenters. The molecule has 0 aliphatic carbocycles. The summed E-state index contributed by atoms with van der Waals surface area (Å²) < 4.78 is 10.1. The van der Waals surface area contributed by atoms with E-state index in [1.54, 1.807) is 7.11 Å². The molecule has 4 nitrogen and oxygen atoms in total. The molecule has 0 spiro atoms. The fourth-order valence-electron chi connectivity index (χ4n) is 1.82. The van der Waals surface area contributed by atoms with E-state index in [-0.39, 0.29) is 12.4 Å². The van der Waals surface area contributed by atoms with E-state index in [9.17, 15) is 9.90 Å². The minimum atomic E-state index is -0.654. The molecule has 0 aliphatic heterocycles. The molecular weight excluding hydrogens is 244 g/mol. The van der Waals surface area contributed by atoms with Gasteiger partial charge in [-0.1, -0.05) is 13.0 Å². The first-order chi connectivity index (χ1) is 9.08. The van der Waals surface area contributed by atoms with Crippen LogP contribution in [0.25, 0.3) is 0 Å². The Kier molecular flexibility index (Phi) is 6.36. The standard InChI is InChI=1S/C15H22O4/c1-4-9-19-15(17)8-6-13(16)12-5-7-14(18-3)11(2)10-12/h5,7,10,13,16H,4,6,8-9H2,1-3H3. The van der Waals surface area contributed by atoms with Crippen molar-refractivity contribution < 1.29 is 19.4 Å². The number of carbonyl (C=O) groups excluding carboxylic acids is 1. The summed E-state index contributed by atoms with van der Waals surface area (Å²) in [4.78, 5) is 11.4. The van der Waals surface area contributed by atoms with Crippen LogP contribution in [-0.4, -0.2) is 24.8 Å². The summed E-state index contributed by atoms with van der Waals surface area (Å²) >= 11 is 0. The van der Waals surface area contributed by atoms with E-state index in [1.165, 1.54) is 0 Å². The molecule has 0 fully saturated rings. The number of hydrogen-bond donors (Lipinski definition) is 1. The monoisotopic (exact) mass is 266 g/mol. The van der Waals surface area contributed by atoms with Gasteiger partial charge in [-0.05, 0) is 43.0 Å². The third-order valence-corrected chi connectivity index (χ3v) is 2.89. The smallest absolute Gasteiger partial charge is 0.305 e. The minimum Gasteiger partial charge on any atom is -0.496 e. The predicted octanol–water partition coefficient (Wildman–Crippen LogP) is 2.77. The van der Waals surface area contributed by atoms with E-state index in [0.29, 0.717) is 13.0 Å². The van der Waals surface area contributed by atoms with Gasteiger partial charge in [0.05, 0.1) is 19.8 Å². The van der Waals surface area contributed by atoms with Crippen LogP contribution >= 0.6 is 0 Å². The molecule has 1 rings (SSSR count). The maximum absolute atomic E-state index is 11.4. The van der Waals surface area contributed by atoms with Crippen LogP contribution in [0.4, 0.5) is 0 Å². The highest BCUT2D eigenvalue weighted by Gasteiger charge is 2.12. The van der Waals surface area contributed by atoms with Gasteiger partial charge in [0.2, 0.25) is 0 Å². The topological polar surface area (TPSA) is 55.8 Å². The average molecular weight is 266 g/mol. The predicted molar refractivity (Wildman–Crippen MR) is 73.2 cm³/mol. The van der Waals surface area contributed by atoms with Crippen molar-refractivity contribution in [3.05, 3.63) is 29.3 Å². The highest BCUT2D eigenvalue weighted by Crippen LogP contribution is 2.24. The van der Waals surface area contributed by atoms with Crippen LogP contribution in [0.5, 0.6) is 5.75 Å². The first-order valence-corrected chi connectivity index (χ1v) is 6.56. The molecule has 0 aromatic heterocycles. The fourth-order valence-corrected chi connectivity index (χ4v) is 1.82. The molecule has 0 aliphatic rings. The number of ether oxygens (including phenoxy) is 2. The number of benzene rings is 1. The van der Waals surface area contributed by atoms with Crippen LogP contribution < -0.4 is 4.74 Å². The molecule has 0 saturated heterocycles. The molecule has 106 valence electrons. The van der Waals surface area contributed by atoms with Crippen LogP contribution in [0.3, 0.4) is 0 Å². The Hall–Kier alpha value is -1.55. The first-order valence-electron chi connectivity index (χ1n) is 6.56. The molecule has 1 aromatic rings. The summed E-state index contributed by atoms with van der Waals surface area (Å²) in [5.41, 5.74) is 1.76. The second-order valence-electron chi connectivity index (χ2n) is 4.50. The highest BCUT2D eigenvalue weighted by molar-refractivity contribution is 5.69. The number of carbonyl (C=O) groups is 1. The molecule has 4 heteroatoms. The molecule has 0 bridgehead atoms. The second kappa shape index (κ2) is 7.79. The largest absolute Gasteiger partial charge is 0.496 e.